The van der Waals surface area contributed by atoms with E-state index in [1.807, 2.05) is 6.92 Å². The highest BCUT2D eigenvalue weighted by Gasteiger charge is 2.32. The van der Waals surface area contributed by atoms with Gasteiger partial charge in [0.25, 0.3) is 0 Å². The topological polar surface area (TPSA) is 81.1 Å². The van der Waals surface area contributed by atoms with Gasteiger partial charge in [0.1, 0.15) is 0 Å². The zero-order valence-electron chi connectivity index (χ0n) is 8.68. The summed E-state index contributed by atoms with van der Waals surface area (Å²) >= 11 is 0. The first-order valence-electron chi connectivity index (χ1n) is 4.85. The predicted octanol–water partition coefficient (Wildman–Crippen LogP) is -0.418. The molecule has 80 valence electrons. The monoisotopic (exact) mass is 197 g/mol. The number of terminal acetylenes is 1. The standard InChI is InChI=1S/C10H19N3O/c1-3-8-13-10(4-2,9(12)14)6-5-7-11/h2,13H,3,5-8,11H2,1H3,(H2,12,14). The minimum atomic E-state index is -1.02. The molecule has 4 heteroatoms. The van der Waals surface area contributed by atoms with E-state index in [1.165, 1.54) is 0 Å². The van der Waals surface area contributed by atoms with Gasteiger partial charge in [0.2, 0.25) is 5.91 Å². The van der Waals surface area contributed by atoms with Gasteiger partial charge in [-0.3, -0.25) is 10.1 Å². The number of rotatable bonds is 7. The van der Waals surface area contributed by atoms with E-state index in [4.69, 9.17) is 17.9 Å². The smallest absolute Gasteiger partial charge is 0.250 e. The number of amides is 1. The van der Waals surface area contributed by atoms with Crippen molar-refractivity contribution in [3.05, 3.63) is 0 Å². The van der Waals surface area contributed by atoms with E-state index in [9.17, 15) is 4.79 Å². The summed E-state index contributed by atoms with van der Waals surface area (Å²) in [5.41, 5.74) is 9.63. The average molecular weight is 197 g/mol. The van der Waals surface area contributed by atoms with Gasteiger partial charge >= 0.3 is 0 Å². The summed E-state index contributed by atoms with van der Waals surface area (Å²) in [6.45, 7) is 3.18. The van der Waals surface area contributed by atoms with Crippen LogP contribution in [0.25, 0.3) is 0 Å². The van der Waals surface area contributed by atoms with Crippen LogP contribution in [0.15, 0.2) is 0 Å². The molecular formula is C10H19N3O. The molecule has 1 atom stereocenters. The summed E-state index contributed by atoms with van der Waals surface area (Å²) in [7, 11) is 0. The lowest BCUT2D eigenvalue weighted by atomic mass is 9.93. The van der Waals surface area contributed by atoms with Crippen LogP contribution in [-0.2, 0) is 4.79 Å². The Kier molecular flexibility index (Phi) is 5.93. The quantitative estimate of drug-likeness (QED) is 0.485. The average Bonchev–Trinajstić information content (AvgIpc) is 2.18. The highest BCUT2D eigenvalue weighted by Crippen LogP contribution is 2.11. The highest BCUT2D eigenvalue weighted by molar-refractivity contribution is 5.88. The number of hydrogen-bond acceptors (Lipinski definition) is 3. The second-order valence-electron chi connectivity index (χ2n) is 3.23. The molecule has 14 heavy (non-hydrogen) atoms. The third-order valence-corrected chi connectivity index (χ3v) is 2.10. The number of carbonyl (C=O) groups excluding carboxylic acids is 1. The molecule has 0 aromatic carbocycles. The zero-order chi connectivity index (χ0) is 11.0. The Morgan fingerprint density at radius 3 is 2.64 bits per heavy atom. The summed E-state index contributed by atoms with van der Waals surface area (Å²) in [6.07, 6.45) is 7.42. The van der Waals surface area contributed by atoms with Crippen LogP contribution in [0.2, 0.25) is 0 Å². The Bertz CT molecular complexity index is 212. The molecule has 0 fully saturated rings. The van der Waals surface area contributed by atoms with Crippen molar-refractivity contribution in [3.8, 4) is 12.3 Å². The Balaban J connectivity index is 4.46. The van der Waals surface area contributed by atoms with Gasteiger partial charge in [0.05, 0.1) is 0 Å². The van der Waals surface area contributed by atoms with Crippen LogP contribution in [0.3, 0.4) is 0 Å². The van der Waals surface area contributed by atoms with Gasteiger partial charge in [-0.2, -0.15) is 0 Å². The normalized spacial score (nSPS) is 14.4. The number of carbonyl (C=O) groups is 1. The maximum atomic E-state index is 11.2. The SMILES string of the molecule is C#CC(CCCN)(NCCC)C(N)=O. The lowest BCUT2D eigenvalue weighted by Gasteiger charge is -2.26. The van der Waals surface area contributed by atoms with E-state index >= 15 is 0 Å². The van der Waals surface area contributed by atoms with Gasteiger partial charge in [-0.1, -0.05) is 12.8 Å². The van der Waals surface area contributed by atoms with Crippen molar-refractivity contribution in [2.24, 2.45) is 11.5 Å². The Morgan fingerprint density at radius 2 is 2.29 bits per heavy atom. The van der Waals surface area contributed by atoms with Crippen LogP contribution in [0.1, 0.15) is 26.2 Å². The van der Waals surface area contributed by atoms with E-state index in [0.29, 0.717) is 25.9 Å². The van der Waals surface area contributed by atoms with Gasteiger partial charge in [0.15, 0.2) is 5.54 Å². The molecule has 0 saturated carbocycles. The molecule has 5 N–H and O–H groups in total. The number of nitrogens with two attached hydrogens (primary N) is 2. The fourth-order valence-electron chi connectivity index (χ4n) is 1.20. The van der Waals surface area contributed by atoms with Gasteiger partial charge < -0.3 is 11.5 Å². The molecule has 1 amide bonds. The molecule has 0 radical (unpaired) electrons. The van der Waals surface area contributed by atoms with Crippen molar-refractivity contribution >= 4 is 5.91 Å². The minimum absolute atomic E-state index is 0.495. The first-order valence-corrected chi connectivity index (χ1v) is 4.85. The molecule has 0 aliphatic carbocycles. The molecular weight excluding hydrogens is 178 g/mol. The summed E-state index contributed by atoms with van der Waals surface area (Å²) < 4.78 is 0. The Labute approximate surface area is 85.4 Å². The number of nitrogens with one attached hydrogen (secondary N) is 1. The molecule has 0 heterocycles. The van der Waals surface area contributed by atoms with Crippen LogP contribution < -0.4 is 16.8 Å². The van der Waals surface area contributed by atoms with Gasteiger partial charge in [-0.05, 0) is 32.4 Å². The third kappa shape index (κ3) is 3.36. The van der Waals surface area contributed by atoms with E-state index < -0.39 is 11.4 Å². The van der Waals surface area contributed by atoms with E-state index in [2.05, 4.69) is 11.2 Å². The van der Waals surface area contributed by atoms with Gasteiger partial charge in [-0.25, -0.2) is 0 Å². The first-order chi connectivity index (χ1) is 6.63. The van der Waals surface area contributed by atoms with Crippen LogP contribution in [0.4, 0.5) is 0 Å². The van der Waals surface area contributed by atoms with Crippen molar-refractivity contribution in [2.75, 3.05) is 13.1 Å². The van der Waals surface area contributed by atoms with Crippen molar-refractivity contribution in [3.63, 3.8) is 0 Å². The number of hydrogen-bond donors (Lipinski definition) is 3. The molecule has 0 aromatic heterocycles. The fourth-order valence-corrected chi connectivity index (χ4v) is 1.20. The second kappa shape index (κ2) is 6.41. The van der Waals surface area contributed by atoms with Crippen molar-refractivity contribution in [2.45, 2.75) is 31.7 Å². The molecule has 1 unspecified atom stereocenters. The number of primary amides is 1. The molecule has 0 rings (SSSR count). The van der Waals surface area contributed by atoms with Gasteiger partial charge in [0, 0.05) is 0 Å². The maximum Gasteiger partial charge on any atom is 0.250 e. The van der Waals surface area contributed by atoms with Crippen LogP contribution >= 0.6 is 0 Å². The molecule has 0 aliphatic rings. The predicted molar refractivity (Wildman–Crippen MR) is 57.3 cm³/mol. The molecule has 0 aliphatic heterocycles. The summed E-state index contributed by atoms with van der Waals surface area (Å²) in [4.78, 5) is 11.2. The lowest BCUT2D eigenvalue weighted by Crippen LogP contribution is -2.54. The van der Waals surface area contributed by atoms with Crippen molar-refractivity contribution in [1.29, 1.82) is 0 Å². The zero-order valence-corrected chi connectivity index (χ0v) is 8.68. The Morgan fingerprint density at radius 1 is 1.64 bits per heavy atom. The summed E-state index contributed by atoms with van der Waals surface area (Å²) in [5, 5.41) is 3.00. The molecule has 0 bridgehead atoms. The molecule has 0 aromatic rings. The van der Waals surface area contributed by atoms with Crippen LogP contribution in [-0.4, -0.2) is 24.5 Å². The first kappa shape index (κ1) is 12.9. The van der Waals surface area contributed by atoms with Crippen molar-refractivity contribution in [1.82, 2.24) is 5.32 Å². The minimum Gasteiger partial charge on any atom is -0.367 e. The van der Waals surface area contributed by atoms with Crippen LogP contribution in [0.5, 0.6) is 0 Å². The Hall–Kier alpha value is -1.05. The summed E-state index contributed by atoms with van der Waals surface area (Å²) in [6, 6.07) is 0. The molecule has 4 nitrogen and oxygen atoms in total. The van der Waals surface area contributed by atoms with E-state index in [0.717, 1.165) is 6.42 Å². The molecule has 0 spiro atoms. The summed E-state index contributed by atoms with van der Waals surface area (Å²) in [5.74, 6) is 1.95. The third-order valence-electron chi connectivity index (χ3n) is 2.10. The van der Waals surface area contributed by atoms with Crippen LogP contribution in [0, 0.1) is 12.3 Å². The van der Waals surface area contributed by atoms with Gasteiger partial charge in [-0.15, -0.1) is 6.42 Å². The largest absolute Gasteiger partial charge is 0.367 e. The lowest BCUT2D eigenvalue weighted by molar-refractivity contribution is -0.122. The van der Waals surface area contributed by atoms with E-state index in [-0.39, 0.29) is 0 Å². The fraction of sp³-hybridized carbons (Fsp3) is 0.700. The highest BCUT2D eigenvalue weighted by atomic mass is 16.1. The maximum absolute atomic E-state index is 11.2. The van der Waals surface area contributed by atoms with Crippen molar-refractivity contribution < 1.29 is 4.79 Å². The van der Waals surface area contributed by atoms with E-state index in [1.54, 1.807) is 0 Å². The second-order valence-corrected chi connectivity index (χ2v) is 3.23. The molecule has 0 saturated heterocycles.